The van der Waals surface area contributed by atoms with Gasteiger partial charge in [-0.3, -0.25) is 5.41 Å². The van der Waals surface area contributed by atoms with E-state index >= 15 is 0 Å². The number of piperazine rings is 1. The maximum atomic E-state index is 10.5. The predicted molar refractivity (Wildman–Crippen MR) is 52.4 cm³/mol. The summed E-state index contributed by atoms with van der Waals surface area (Å²) in [6.45, 7) is 2.26. The highest BCUT2D eigenvalue weighted by atomic mass is 32.2. The Morgan fingerprint density at radius 2 is 1.77 bits per heavy atom. The van der Waals surface area contributed by atoms with Crippen molar-refractivity contribution in [2.45, 2.75) is 0 Å². The molecule has 1 aliphatic rings. The quantitative estimate of drug-likeness (QED) is 0.446. The zero-order valence-corrected chi connectivity index (χ0v) is 8.30. The number of hydrogen-bond acceptors (Lipinski definition) is 3. The molecule has 0 aliphatic carbocycles. The molecule has 2 N–H and O–H groups in total. The van der Waals surface area contributed by atoms with Gasteiger partial charge in [0.25, 0.3) is 0 Å². The molecule has 13 heavy (non-hydrogen) atoms. The van der Waals surface area contributed by atoms with E-state index < -0.39 is 6.09 Å². The lowest BCUT2D eigenvalue weighted by molar-refractivity contribution is 0.125. The number of nitrogens with one attached hydrogen (secondary N) is 1. The molecule has 1 aliphatic heterocycles. The number of amidine groups is 1. The first-order valence-corrected chi connectivity index (χ1v) is 5.23. The molecule has 1 amide bonds. The Balaban J connectivity index is 2.39. The first-order valence-electron chi connectivity index (χ1n) is 4.00. The van der Waals surface area contributed by atoms with Crippen molar-refractivity contribution < 1.29 is 9.90 Å². The van der Waals surface area contributed by atoms with Crippen LogP contribution in [-0.4, -0.2) is 58.6 Å². The van der Waals surface area contributed by atoms with Gasteiger partial charge in [0.05, 0.1) is 0 Å². The Bertz CT molecular complexity index is 214. The number of rotatable bonds is 0. The second-order valence-corrected chi connectivity index (χ2v) is 3.56. The Morgan fingerprint density at radius 1 is 1.31 bits per heavy atom. The Morgan fingerprint density at radius 3 is 2.15 bits per heavy atom. The predicted octanol–water partition coefficient (Wildman–Crippen LogP) is 0.580. The topological polar surface area (TPSA) is 67.6 Å². The average molecular weight is 203 g/mol. The lowest BCUT2D eigenvalue weighted by Gasteiger charge is -2.33. The summed E-state index contributed by atoms with van der Waals surface area (Å²) < 4.78 is 0. The second-order valence-electron chi connectivity index (χ2n) is 2.77. The molecule has 0 aromatic heterocycles. The van der Waals surface area contributed by atoms with Gasteiger partial charge in [-0.15, -0.1) is 0 Å². The minimum Gasteiger partial charge on any atom is -0.465 e. The molecule has 1 fully saturated rings. The monoisotopic (exact) mass is 203 g/mol. The van der Waals surface area contributed by atoms with Crippen molar-refractivity contribution in [1.82, 2.24) is 9.80 Å². The van der Waals surface area contributed by atoms with Crippen molar-refractivity contribution in [3.63, 3.8) is 0 Å². The molecular weight excluding hydrogens is 190 g/mol. The van der Waals surface area contributed by atoms with Gasteiger partial charge in [-0.05, 0) is 6.26 Å². The lowest BCUT2D eigenvalue weighted by atomic mass is 10.3. The normalized spacial score (nSPS) is 17.3. The number of hydrogen-bond donors (Lipinski definition) is 2. The highest BCUT2D eigenvalue weighted by molar-refractivity contribution is 8.13. The van der Waals surface area contributed by atoms with Crippen LogP contribution < -0.4 is 0 Å². The van der Waals surface area contributed by atoms with Crippen LogP contribution in [0, 0.1) is 5.41 Å². The van der Waals surface area contributed by atoms with Gasteiger partial charge < -0.3 is 14.9 Å². The minimum absolute atomic E-state index is 0.498. The van der Waals surface area contributed by atoms with Crippen molar-refractivity contribution in [1.29, 1.82) is 5.41 Å². The van der Waals surface area contributed by atoms with Crippen molar-refractivity contribution >= 4 is 23.0 Å². The molecular formula is C7H13N3O2S. The summed E-state index contributed by atoms with van der Waals surface area (Å²) in [5, 5.41) is 16.7. The molecule has 1 saturated heterocycles. The first kappa shape index (κ1) is 10.2. The number of nitrogens with zero attached hydrogens (tertiary/aromatic N) is 2. The summed E-state index contributed by atoms with van der Waals surface area (Å²) in [5.74, 6) is 0. The summed E-state index contributed by atoms with van der Waals surface area (Å²) in [5.41, 5.74) is 0. The zero-order chi connectivity index (χ0) is 9.84. The number of amides is 1. The van der Waals surface area contributed by atoms with E-state index in [1.54, 1.807) is 0 Å². The van der Waals surface area contributed by atoms with Gasteiger partial charge in [0, 0.05) is 26.2 Å². The van der Waals surface area contributed by atoms with Crippen molar-refractivity contribution in [2.75, 3.05) is 32.4 Å². The fourth-order valence-corrected chi connectivity index (χ4v) is 1.67. The Labute approximate surface area is 81.2 Å². The molecule has 0 atom stereocenters. The fourth-order valence-electron chi connectivity index (χ4n) is 1.23. The van der Waals surface area contributed by atoms with Crippen molar-refractivity contribution in [2.24, 2.45) is 0 Å². The van der Waals surface area contributed by atoms with E-state index in [1.165, 1.54) is 16.7 Å². The first-order chi connectivity index (χ1) is 6.15. The highest BCUT2D eigenvalue weighted by Crippen LogP contribution is 2.07. The molecule has 5 nitrogen and oxygen atoms in total. The second kappa shape index (κ2) is 4.36. The number of thioether (sulfide) groups is 1. The van der Waals surface area contributed by atoms with Crippen LogP contribution in [0.1, 0.15) is 0 Å². The Kier molecular flexibility index (Phi) is 3.41. The molecule has 0 bridgehead atoms. The van der Waals surface area contributed by atoms with Crippen LogP contribution in [-0.2, 0) is 0 Å². The van der Waals surface area contributed by atoms with Gasteiger partial charge in [-0.25, -0.2) is 4.79 Å². The van der Waals surface area contributed by atoms with Crippen LogP contribution in [0.4, 0.5) is 4.79 Å². The molecule has 0 radical (unpaired) electrons. The maximum absolute atomic E-state index is 10.5. The minimum atomic E-state index is -0.865. The van der Waals surface area contributed by atoms with Gasteiger partial charge in [-0.1, -0.05) is 11.8 Å². The largest absolute Gasteiger partial charge is 0.465 e. The molecule has 0 spiro atoms. The van der Waals surface area contributed by atoms with E-state index in [-0.39, 0.29) is 0 Å². The van der Waals surface area contributed by atoms with Gasteiger partial charge in [-0.2, -0.15) is 0 Å². The molecule has 0 unspecified atom stereocenters. The van der Waals surface area contributed by atoms with E-state index in [9.17, 15) is 4.79 Å². The van der Waals surface area contributed by atoms with Gasteiger partial charge in [0.2, 0.25) is 0 Å². The fraction of sp³-hybridized carbons (Fsp3) is 0.714. The van der Waals surface area contributed by atoms with Crippen LogP contribution in [0.15, 0.2) is 0 Å². The van der Waals surface area contributed by atoms with Gasteiger partial charge in [0.15, 0.2) is 5.17 Å². The standard InChI is InChI=1S/C7H13N3O2S/c1-13-6(8)9-2-4-10(5-3-9)7(11)12/h8H,2-5H2,1H3,(H,11,12). The SMILES string of the molecule is CSC(=N)N1CCN(C(=O)O)CC1. The molecule has 1 heterocycles. The number of carboxylic acid groups (broad SMARTS) is 1. The third kappa shape index (κ3) is 2.51. The highest BCUT2D eigenvalue weighted by Gasteiger charge is 2.21. The van der Waals surface area contributed by atoms with E-state index in [0.29, 0.717) is 31.3 Å². The molecule has 74 valence electrons. The van der Waals surface area contributed by atoms with Gasteiger partial charge in [0.1, 0.15) is 0 Å². The van der Waals surface area contributed by atoms with E-state index in [1.807, 2.05) is 11.2 Å². The average Bonchev–Trinajstić information content (AvgIpc) is 2.17. The summed E-state index contributed by atoms with van der Waals surface area (Å²) in [6, 6.07) is 0. The smallest absolute Gasteiger partial charge is 0.407 e. The molecule has 0 aromatic carbocycles. The van der Waals surface area contributed by atoms with Gasteiger partial charge >= 0.3 is 6.09 Å². The van der Waals surface area contributed by atoms with Crippen LogP contribution >= 0.6 is 11.8 Å². The van der Waals surface area contributed by atoms with E-state index in [0.717, 1.165) is 0 Å². The summed E-state index contributed by atoms with van der Waals surface area (Å²) in [7, 11) is 0. The van der Waals surface area contributed by atoms with Crippen LogP contribution in [0.25, 0.3) is 0 Å². The van der Waals surface area contributed by atoms with E-state index in [2.05, 4.69) is 0 Å². The van der Waals surface area contributed by atoms with Crippen LogP contribution in [0.5, 0.6) is 0 Å². The van der Waals surface area contributed by atoms with Crippen molar-refractivity contribution in [3.05, 3.63) is 0 Å². The molecule has 1 rings (SSSR count). The Hall–Kier alpha value is -0.910. The summed E-state index contributed by atoms with van der Waals surface area (Å²) >= 11 is 1.38. The third-order valence-corrected chi connectivity index (χ3v) is 2.68. The van der Waals surface area contributed by atoms with Crippen LogP contribution in [0.2, 0.25) is 0 Å². The molecule has 6 heteroatoms. The van der Waals surface area contributed by atoms with E-state index in [4.69, 9.17) is 10.5 Å². The van der Waals surface area contributed by atoms with Crippen molar-refractivity contribution in [3.8, 4) is 0 Å². The number of carbonyl (C=O) groups is 1. The van der Waals surface area contributed by atoms with Crippen LogP contribution in [0.3, 0.4) is 0 Å². The molecule has 0 aromatic rings. The lowest BCUT2D eigenvalue weighted by Crippen LogP contribution is -2.49. The molecule has 0 saturated carbocycles. The third-order valence-electron chi connectivity index (χ3n) is 2.03. The summed E-state index contributed by atoms with van der Waals surface area (Å²) in [6.07, 6.45) is 0.988. The maximum Gasteiger partial charge on any atom is 0.407 e. The summed E-state index contributed by atoms with van der Waals surface area (Å²) in [4.78, 5) is 13.8. The zero-order valence-electron chi connectivity index (χ0n) is 7.49.